The first-order valence-corrected chi connectivity index (χ1v) is 6.29. The smallest absolute Gasteiger partial charge is 0.124 e. The highest BCUT2D eigenvalue weighted by Crippen LogP contribution is 2.33. The molecule has 1 aromatic carbocycles. The number of aromatic nitrogens is 1. The molecule has 1 aromatic heterocycles. The van der Waals surface area contributed by atoms with E-state index < -0.39 is 0 Å². The number of hydrogen-bond acceptors (Lipinski definition) is 4. The predicted molar refractivity (Wildman–Crippen MR) is 66.7 cm³/mol. The Hall–Kier alpha value is -1.72. The molecule has 5 heteroatoms. The molecule has 0 bridgehead atoms. The van der Waals surface area contributed by atoms with Gasteiger partial charge in [-0.05, 0) is 24.1 Å². The van der Waals surface area contributed by atoms with Gasteiger partial charge < -0.3 is 9.63 Å². The van der Waals surface area contributed by atoms with Gasteiger partial charge in [-0.2, -0.15) is 0 Å². The molecule has 1 saturated heterocycles. The summed E-state index contributed by atoms with van der Waals surface area (Å²) < 4.78 is 18.1. The fourth-order valence-electron chi connectivity index (χ4n) is 2.64. The van der Waals surface area contributed by atoms with Crippen LogP contribution in [-0.4, -0.2) is 27.8 Å². The van der Waals surface area contributed by atoms with Gasteiger partial charge in [0.15, 0.2) is 0 Å². The molecule has 1 aliphatic rings. The number of β-amino-alcohol motifs (C(OH)–C–C–N with tert-alkyl or cyclic N) is 1. The van der Waals surface area contributed by atoms with E-state index in [0.29, 0.717) is 19.5 Å². The van der Waals surface area contributed by atoms with E-state index in [2.05, 4.69) is 10.1 Å². The lowest BCUT2D eigenvalue weighted by Gasteiger charge is -2.23. The number of benzene rings is 1. The first-order valence-electron chi connectivity index (χ1n) is 6.29. The topological polar surface area (TPSA) is 49.5 Å². The van der Waals surface area contributed by atoms with Crippen molar-refractivity contribution < 1.29 is 14.0 Å². The number of aliphatic hydroxyl groups excluding tert-OH is 1. The number of rotatable bonds is 3. The summed E-state index contributed by atoms with van der Waals surface area (Å²) in [5, 5.41) is 13.7. The predicted octanol–water partition coefficient (Wildman–Crippen LogP) is 2.12. The highest BCUT2D eigenvalue weighted by molar-refractivity contribution is 5.22. The molecule has 0 radical (unpaired) electrons. The van der Waals surface area contributed by atoms with Crippen LogP contribution in [0.4, 0.5) is 4.39 Å². The molecule has 0 amide bonds. The van der Waals surface area contributed by atoms with Gasteiger partial charge in [-0.15, -0.1) is 0 Å². The number of nitrogens with zero attached hydrogens (tertiary/aromatic N) is 2. The Labute approximate surface area is 110 Å². The minimum atomic E-state index is -0.389. The Morgan fingerprint density at radius 1 is 1.42 bits per heavy atom. The maximum absolute atomic E-state index is 13.3. The summed E-state index contributed by atoms with van der Waals surface area (Å²) >= 11 is 0. The Bertz CT molecular complexity index is 544. The normalized spacial score (nSPS) is 23.9. The average Bonchev–Trinajstić information content (AvgIpc) is 3.00. The van der Waals surface area contributed by atoms with Crippen LogP contribution in [0.2, 0.25) is 0 Å². The zero-order chi connectivity index (χ0) is 13.2. The maximum atomic E-state index is 13.3. The van der Waals surface area contributed by atoms with Crippen molar-refractivity contribution in [2.75, 3.05) is 6.54 Å². The summed E-state index contributed by atoms with van der Waals surface area (Å²) in [4.78, 5) is 2.09. The average molecular weight is 262 g/mol. The van der Waals surface area contributed by atoms with Crippen LogP contribution in [0.1, 0.15) is 23.7 Å². The van der Waals surface area contributed by atoms with Gasteiger partial charge in [-0.3, -0.25) is 4.90 Å². The van der Waals surface area contributed by atoms with Crippen LogP contribution in [0, 0.1) is 5.82 Å². The van der Waals surface area contributed by atoms with Crippen molar-refractivity contribution in [3.63, 3.8) is 0 Å². The van der Waals surface area contributed by atoms with E-state index in [-0.39, 0.29) is 18.0 Å². The molecular formula is C14H15FN2O2. The van der Waals surface area contributed by atoms with Crippen LogP contribution in [0.5, 0.6) is 0 Å². The van der Waals surface area contributed by atoms with Gasteiger partial charge in [0, 0.05) is 25.2 Å². The summed E-state index contributed by atoms with van der Waals surface area (Å²) in [5.41, 5.74) is 1.70. The van der Waals surface area contributed by atoms with Gasteiger partial charge in [-0.25, -0.2) is 4.39 Å². The van der Waals surface area contributed by atoms with Crippen molar-refractivity contribution in [2.45, 2.75) is 25.1 Å². The lowest BCUT2D eigenvalue weighted by atomic mass is 10.0. The molecule has 0 spiro atoms. The monoisotopic (exact) mass is 262 g/mol. The van der Waals surface area contributed by atoms with Gasteiger partial charge in [0.1, 0.15) is 12.1 Å². The van der Waals surface area contributed by atoms with E-state index in [1.54, 1.807) is 12.1 Å². The fraction of sp³-hybridized carbons (Fsp3) is 0.357. The molecule has 3 rings (SSSR count). The quantitative estimate of drug-likeness (QED) is 0.920. The second-order valence-electron chi connectivity index (χ2n) is 4.88. The van der Waals surface area contributed by atoms with Crippen molar-refractivity contribution >= 4 is 0 Å². The lowest BCUT2D eigenvalue weighted by molar-refractivity contribution is 0.171. The van der Waals surface area contributed by atoms with Crippen LogP contribution >= 0.6 is 0 Å². The fourth-order valence-corrected chi connectivity index (χ4v) is 2.64. The molecule has 2 heterocycles. The summed E-state index contributed by atoms with van der Waals surface area (Å²) in [6.07, 6.45) is 1.75. The van der Waals surface area contributed by atoms with Gasteiger partial charge in [-0.1, -0.05) is 17.3 Å². The molecule has 2 atom stereocenters. The Kier molecular flexibility index (Phi) is 3.31. The van der Waals surface area contributed by atoms with Crippen LogP contribution in [0.25, 0.3) is 0 Å². The highest BCUT2D eigenvalue weighted by Gasteiger charge is 2.32. The summed E-state index contributed by atoms with van der Waals surface area (Å²) in [6.45, 7) is 1.16. The third kappa shape index (κ3) is 2.67. The Morgan fingerprint density at radius 3 is 3.05 bits per heavy atom. The highest BCUT2D eigenvalue weighted by atomic mass is 19.1. The standard InChI is InChI=1S/C14H15FN2O2/c15-11-3-1-2-10(6-11)14-7-13(18)9-17(14)8-12-4-5-19-16-12/h1-6,13-14,18H,7-9H2/t13-,14-/m1/s1. The first-order chi connectivity index (χ1) is 9.22. The SMILES string of the molecule is O[C@@H]1C[C@H](c2cccc(F)c2)N(Cc2ccon2)C1. The van der Waals surface area contributed by atoms with Crippen molar-refractivity contribution in [2.24, 2.45) is 0 Å². The molecule has 2 aromatic rings. The molecule has 19 heavy (non-hydrogen) atoms. The van der Waals surface area contributed by atoms with E-state index in [9.17, 15) is 9.50 Å². The van der Waals surface area contributed by atoms with Crippen molar-refractivity contribution in [1.82, 2.24) is 10.1 Å². The summed E-state index contributed by atoms with van der Waals surface area (Å²) in [6, 6.07) is 8.36. The van der Waals surface area contributed by atoms with Gasteiger partial charge in [0.25, 0.3) is 0 Å². The molecule has 1 fully saturated rings. The van der Waals surface area contributed by atoms with E-state index in [1.165, 1.54) is 18.4 Å². The van der Waals surface area contributed by atoms with Gasteiger partial charge >= 0.3 is 0 Å². The van der Waals surface area contributed by atoms with Crippen LogP contribution in [-0.2, 0) is 6.54 Å². The Balaban J connectivity index is 1.82. The molecular weight excluding hydrogens is 247 g/mol. The lowest BCUT2D eigenvalue weighted by Crippen LogP contribution is -2.24. The third-order valence-corrected chi connectivity index (χ3v) is 3.47. The molecule has 0 saturated carbocycles. The zero-order valence-electron chi connectivity index (χ0n) is 10.4. The van der Waals surface area contributed by atoms with Crippen LogP contribution in [0.3, 0.4) is 0 Å². The molecule has 0 aliphatic carbocycles. The largest absolute Gasteiger partial charge is 0.392 e. The summed E-state index contributed by atoms with van der Waals surface area (Å²) in [5.74, 6) is -0.250. The molecule has 100 valence electrons. The van der Waals surface area contributed by atoms with Crippen molar-refractivity contribution in [1.29, 1.82) is 0 Å². The molecule has 4 nitrogen and oxygen atoms in total. The summed E-state index contributed by atoms with van der Waals surface area (Å²) in [7, 11) is 0. The minimum Gasteiger partial charge on any atom is -0.392 e. The second kappa shape index (κ2) is 5.11. The number of halogens is 1. The third-order valence-electron chi connectivity index (χ3n) is 3.47. The second-order valence-corrected chi connectivity index (χ2v) is 4.88. The minimum absolute atomic E-state index is 0.0161. The maximum Gasteiger partial charge on any atom is 0.124 e. The van der Waals surface area contributed by atoms with Gasteiger partial charge in [0.2, 0.25) is 0 Å². The van der Waals surface area contributed by atoms with Crippen molar-refractivity contribution in [3.05, 3.63) is 53.7 Å². The molecule has 0 unspecified atom stereocenters. The van der Waals surface area contributed by atoms with Gasteiger partial charge in [0.05, 0.1) is 11.8 Å². The van der Waals surface area contributed by atoms with Crippen molar-refractivity contribution in [3.8, 4) is 0 Å². The van der Waals surface area contributed by atoms with Crippen LogP contribution in [0.15, 0.2) is 41.1 Å². The zero-order valence-corrected chi connectivity index (χ0v) is 10.4. The van der Waals surface area contributed by atoms with E-state index in [1.807, 2.05) is 6.07 Å². The number of likely N-dealkylation sites (tertiary alicyclic amines) is 1. The van der Waals surface area contributed by atoms with E-state index >= 15 is 0 Å². The number of hydrogen-bond donors (Lipinski definition) is 1. The van der Waals surface area contributed by atoms with Crippen LogP contribution < -0.4 is 0 Å². The number of aliphatic hydroxyl groups is 1. The molecule has 1 aliphatic heterocycles. The first kappa shape index (κ1) is 12.3. The van der Waals surface area contributed by atoms with E-state index in [0.717, 1.165) is 11.3 Å². The Morgan fingerprint density at radius 2 is 2.32 bits per heavy atom. The van der Waals surface area contributed by atoms with E-state index in [4.69, 9.17) is 4.52 Å². The molecule has 1 N–H and O–H groups in total.